The number of carbonyl (C=O) groups is 1. The van der Waals surface area contributed by atoms with Gasteiger partial charge in [-0.2, -0.15) is 0 Å². The first-order valence-corrected chi connectivity index (χ1v) is 12.4. The average molecular weight is 531 g/mol. The van der Waals surface area contributed by atoms with E-state index >= 15 is 0 Å². The van der Waals surface area contributed by atoms with Gasteiger partial charge in [0.25, 0.3) is 17.2 Å². The molecule has 5 rings (SSSR count). The Balaban J connectivity index is 1.64. The van der Waals surface area contributed by atoms with Crippen LogP contribution in [0.15, 0.2) is 99.9 Å². The van der Waals surface area contributed by atoms with E-state index in [0.29, 0.717) is 42.4 Å². The number of allylic oxidation sites excluding steroid dienone is 1. The van der Waals surface area contributed by atoms with Crippen LogP contribution in [0.4, 0.5) is 11.4 Å². The molecule has 0 radical (unpaired) electrons. The number of fused-ring (bicyclic) bond motifs is 1. The first-order valence-electron chi connectivity index (χ1n) is 11.2. The number of nitrogens with zero attached hydrogens (tertiary/aromatic N) is 3. The van der Waals surface area contributed by atoms with Gasteiger partial charge in [-0.3, -0.25) is 24.3 Å². The summed E-state index contributed by atoms with van der Waals surface area (Å²) in [5.74, 6) is -0.364. The van der Waals surface area contributed by atoms with Gasteiger partial charge in [0.2, 0.25) is 0 Å². The van der Waals surface area contributed by atoms with Gasteiger partial charge in [-0.15, -0.1) is 0 Å². The van der Waals surface area contributed by atoms with Gasteiger partial charge in [-0.1, -0.05) is 53.3 Å². The molecule has 1 aliphatic heterocycles. The van der Waals surface area contributed by atoms with Crippen LogP contribution < -0.4 is 20.2 Å². The molecule has 1 amide bonds. The van der Waals surface area contributed by atoms with E-state index in [0.717, 1.165) is 0 Å². The van der Waals surface area contributed by atoms with E-state index < -0.39 is 11.0 Å². The number of benzene rings is 3. The van der Waals surface area contributed by atoms with Crippen molar-refractivity contribution in [1.29, 1.82) is 0 Å². The summed E-state index contributed by atoms with van der Waals surface area (Å²) < 4.78 is 1.90. The largest absolute Gasteiger partial charge is 0.322 e. The van der Waals surface area contributed by atoms with E-state index in [1.807, 2.05) is 18.2 Å². The molecule has 1 unspecified atom stereocenters. The fourth-order valence-corrected chi connectivity index (χ4v) is 5.31. The Labute approximate surface area is 219 Å². The van der Waals surface area contributed by atoms with Crippen molar-refractivity contribution in [2.24, 2.45) is 4.99 Å². The molecule has 37 heavy (non-hydrogen) atoms. The molecule has 0 fully saturated rings. The summed E-state index contributed by atoms with van der Waals surface area (Å²) in [5, 5.41) is 14.4. The van der Waals surface area contributed by atoms with Crippen LogP contribution in [0.1, 0.15) is 24.1 Å². The highest BCUT2D eigenvalue weighted by Crippen LogP contribution is 2.31. The molecule has 0 saturated heterocycles. The number of hydrogen-bond donors (Lipinski definition) is 1. The van der Waals surface area contributed by atoms with E-state index in [9.17, 15) is 19.7 Å². The highest BCUT2D eigenvalue weighted by molar-refractivity contribution is 7.07. The van der Waals surface area contributed by atoms with E-state index in [-0.39, 0.29) is 17.2 Å². The van der Waals surface area contributed by atoms with Gasteiger partial charge in [-0.05, 0) is 60.5 Å². The number of non-ortho nitro benzene ring substituents is 1. The molecular weight excluding hydrogens is 512 g/mol. The first kappa shape index (κ1) is 24.4. The summed E-state index contributed by atoms with van der Waals surface area (Å²) in [7, 11) is 0. The van der Waals surface area contributed by atoms with E-state index in [4.69, 9.17) is 11.6 Å². The van der Waals surface area contributed by atoms with Gasteiger partial charge in [0.1, 0.15) is 0 Å². The standard InChI is InChI=1S/C27H19ClN4O4S/c1-16-23(25(33)30-20-5-3-2-4-6-20)24(18-9-11-19(28)12-10-18)31-26(34)22(37-27(31)29-16)15-17-7-13-21(14-8-17)32(35)36/h2-15,24H,1H3,(H,30,33)/b22-15-. The van der Waals surface area contributed by atoms with Crippen LogP contribution in [-0.4, -0.2) is 15.4 Å². The summed E-state index contributed by atoms with van der Waals surface area (Å²) in [4.78, 5) is 42.7. The van der Waals surface area contributed by atoms with Crippen LogP contribution in [0.25, 0.3) is 6.08 Å². The lowest BCUT2D eigenvalue weighted by Gasteiger charge is -2.25. The molecule has 10 heteroatoms. The van der Waals surface area contributed by atoms with Crippen molar-refractivity contribution < 1.29 is 9.72 Å². The quantitative estimate of drug-likeness (QED) is 0.304. The summed E-state index contributed by atoms with van der Waals surface area (Å²) in [5.41, 5.74) is 2.46. The number of para-hydroxylation sites is 1. The number of rotatable bonds is 5. The van der Waals surface area contributed by atoms with Gasteiger partial charge >= 0.3 is 0 Å². The van der Waals surface area contributed by atoms with Gasteiger partial charge in [0.15, 0.2) is 4.80 Å². The first-order chi connectivity index (χ1) is 17.8. The van der Waals surface area contributed by atoms with Gasteiger partial charge in [0.05, 0.1) is 26.8 Å². The highest BCUT2D eigenvalue weighted by Gasteiger charge is 2.32. The fourth-order valence-electron chi connectivity index (χ4n) is 4.14. The number of amides is 1. The number of halogens is 1. The molecule has 4 aromatic rings. The summed E-state index contributed by atoms with van der Waals surface area (Å²) in [6.07, 6.45) is 1.66. The Hall–Kier alpha value is -4.34. The molecular formula is C27H19ClN4O4S. The predicted molar refractivity (Wildman–Crippen MR) is 143 cm³/mol. The second-order valence-corrected chi connectivity index (χ2v) is 9.75. The van der Waals surface area contributed by atoms with Gasteiger partial charge in [-0.25, -0.2) is 4.99 Å². The molecule has 0 aliphatic carbocycles. The fraction of sp³-hybridized carbons (Fsp3) is 0.0741. The summed E-state index contributed by atoms with van der Waals surface area (Å²) >= 11 is 7.31. The van der Waals surface area contributed by atoms with Crippen molar-refractivity contribution in [1.82, 2.24) is 4.57 Å². The smallest absolute Gasteiger partial charge is 0.271 e. The molecule has 0 bridgehead atoms. The predicted octanol–water partition coefficient (Wildman–Crippen LogP) is 4.44. The Morgan fingerprint density at radius 1 is 1.08 bits per heavy atom. The number of hydrogen-bond acceptors (Lipinski definition) is 6. The third kappa shape index (κ3) is 4.87. The number of anilines is 1. The number of nitro benzene ring substituents is 1. The highest BCUT2D eigenvalue weighted by atomic mass is 35.5. The zero-order valence-electron chi connectivity index (χ0n) is 19.4. The van der Waals surface area contributed by atoms with Crippen LogP contribution in [-0.2, 0) is 4.79 Å². The zero-order valence-corrected chi connectivity index (χ0v) is 21.0. The van der Waals surface area contributed by atoms with Gasteiger partial charge < -0.3 is 5.32 Å². The third-order valence-corrected chi connectivity index (χ3v) is 7.12. The molecule has 0 spiro atoms. The van der Waals surface area contributed by atoms with Crippen LogP contribution >= 0.6 is 22.9 Å². The van der Waals surface area contributed by atoms with E-state index in [2.05, 4.69) is 10.3 Å². The molecule has 1 aromatic heterocycles. The normalized spacial score (nSPS) is 15.2. The van der Waals surface area contributed by atoms with Crippen molar-refractivity contribution >= 4 is 46.3 Å². The molecule has 2 heterocycles. The van der Waals surface area contributed by atoms with Crippen LogP contribution in [0, 0.1) is 10.1 Å². The number of carbonyl (C=O) groups excluding carboxylic acids is 1. The SMILES string of the molecule is CC1=C(C(=O)Nc2ccccc2)C(c2ccc(Cl)cc2)n2c(s/c(=C\c3ccc([N+](=O)[O-])cc3)c2=O)=N1. The molecule has 8 nitrogen and oxygen atoms in total. The second-order valence-electron chi connectivity index (χ2n) is 8.30. The minimum absolute atomic E-state index is 0.0361. The lowest BCUT2D eigenvalue weighted by atomic mass is 9.95. The number of thiazole rings is 1. The van der Waals surface area contributed by atoms with Crippen LogP contribution in [0.5, 0.6) is 0 Å². The minimum atomic E-state index is -0.726. The molecule has 184 valence electrons. The van der Waals surface area contributed by atoms with Crippen LogP contribution in [0.3, 0.4) is 0 Å². The molecule has 1 N–H and O–H groups in total. The van der Waals surface area contributed by atoms with Crippen molar-refractivity contribution in [3.63, 3.8) is 0 Å². The Morgan fingerprint density at radius 2 is 1.76 bits per heavy atom. The maximum Gasteiger partial charge on any atom is 0.271 e. The molecule has 1 aliphatic rings. The number of nitrogens with one attached hydrogen (secondary N) is 1. The molecule has 3 aromatic carbocycles. The minimum Gasteiger partial charge on any atom is -0.322 e. The monoisotopic (exact) mass is 530 g/mol. The second kappa shape index (κ2) is 9.96. The van der Waals surface area contributed by atoms with Gasteiger partial charge in [0, 0.05) is 22.8 Å². The van der Waals surface area contributed by atoms with Crippen molar-refractivity contribution in [3.05, 3.63) is 136 Å². The summed E-state index contributed by atoms with van der Waals surface area (Å²) in [6, 6.07) is 21.3. The van der Waals surface area contributed by atoms with Crippen molar-refractivity contribution in [2.75, 3.05) is 5.32 Å². The Morgan fingerprint density at radius 3 is 2.41 bits per heavy atom. The number of nitro groups is 1. The summed E-state index contributed by atoms with van der Waals surface area (Å²) in [6.45, 7) is 1.75. The zero-order chi connectivity index (χ0) is 26.1. The Kier molecular flexibility index (Phi) is 6.56. The topological polar surface area (TPSA) is 107 Å². The average Bonchev–Trinajstić information content (AvgIpc) is 3.18. The van der Waals surface area contributed by atoms with Crippen molar-refractivity contribution in [2.45, 2.75) is 13.0 Å². The van der Waals surface area contributed by atoms with Crippen molar-refractivity contribution in [3.8, 4) is 0 Å². The maximum atomic E-state index is 13.7. The van der Waals surface area contributed by atoms with E-state index in [1.54, 1.807) is 61.5 Å². The molecule has 1 atom stereocenters. The lowest BCUT2D eigenvalue weighted by Crippen LogP contribution is -2.40. The van der Waals surface area contributed by atoms with E-state index in [1.165, 1.54) is 28.0 Å². The lowest BCUT2D eigenvalue weighted by molar-refractivity contribution is -0.384. The number of aromatic nitrogens is 1. The third-order valence-electron chi connectivity index (χ3n) is 5.89. The molecule has 0 saturated carbocycles. The Bertz CT molecular complexity index is 1720. The van der Waals surface area contributed by atoms with Crippen LogP contribution in [0.2, 0.25) is 5.02 Å². The maximum absolute atomic E-state index is 13.7.